The minimum absolute atomic E-state index is 0.102. The number of hydrogen-bond donors (Lipinski definition) is 0. The third-order valence-electron chi connectivity index (χ3n) is 2.30. The molecule has 1 aromatic carbocycles. The molecule has 0 atom stereocenters. The summed E-state index contributed by atoms with van der Waals surface area (Å²) < 4.78 is 13.4. The van der Waals surface area contributed by atoms with E-state index < -0.39 is 5.82 Å². The Hall–Kier alpha value is -1.44. The van der Waals surface area contributed by atoms with Crippen molar-refractivity contribution < 1.29 is 9.18 Å². The van der Waals surface area contributed by atoms with E-state index in [1.807, 2.05) is 0 Å². The number of allylic oxidation sites excluding steroid dienone is 1. The molecule has 1 aromatic rings. The van der Waals surface area contributed by atoms with Gasteiger partial charge in [-0.05, 0) is 36.6 Å². The van der Waals surface area contributed by atoms with Gasteiger partial charge in [-0.1, -0.05) is 26.0 Å². The summed E-state index contributed by atoms with van der Waals surface area (Å²) in [5.74, 6) is -0.817. The molecule has 15 heavy (non-hydrogen) atoms. The van der Waals surface area contributed by atoms with Crippen molar-refractivity contribution in [2.24, 2.45) is 0 Å². The summed E-state index contributed by atoms with van der Waals surface area (Å²) in [5, 5.41) is 0. The van der Waals surface area contributed by atoms with E-state index in [9.17, 15) is 9.18 Å². The molecule has 0 heterocycles. The number of carbonyl (C=O) groups excluding carboxylic acids is 1. The molecule has 0 amide bonds. The van der Waals surface area contributed by atoms with Crippen LogP contribution in [0, 0.1) is 5.82 Å². The van der Waals surface area contributed by atoms with Crippen molar-refractivity contribution in [1.82, 2.24) is 0 Å². The first kappa shape index (κ1) is 11.6. The summed E-state index contributed by atoms with van der Waals surface area (Å²) in [4.78, 5) is 11.2. The first-order chi connectivity index (χ1) is 7.19. The molecular weight excluding hydrogens is 191 g/mol. The minimum atomic E-state index is -0.450. The van der Waals surface area contributed by atoms with Crippen LogP contribution < -0.4 is 0 Å². The number of rotatable bonds is 5. The first-order valence-electron chi connectivity index (χ1n) is 5.14. The van der Waals surface area contributed by atoms with E-state index in [1.54, 1.807) is 6.07 Å². The molecule has 0 saturated heterocycles. The maximum absolute atomic E-state index is 13.4. The summed E-state index contributed by atoms with van der Waals surface area (Å²) in [6.45, 7) is 5.42. The van der Waals surface area contributed by atoms with Gasteiger partial charge >= 0.3 is 0 Å². The smallest absolute Gasteiger partial charge is 0.188 e. The SMILES string of the molecule is C=CC(=O)c1ccc(CCCC)cc1F. The monoisotopic (exact) mass is 206 g/mol. The van der Waals surface area contributed by atoms with Crippen molar-refractivity contribution in [2.45, 2.75) is 26.2 Å². The van der Waals surface area contributed by atoms with E-state index in [1.165, 1.54) is 12.1 Å². The normalized spacial score (nSPS) is 10.0. The second kappa shape index (κ2) is 5.44. The summed E-state index contributed by atoms with van der Waals surface area (Å²) >= 11 is 0. The molecule has 0 aliphatic carbocycles. The van der Waals surface area contributed by atoms with Gasteiger partial charge < -0.3 is 0 Å². The Morgan fingerprint density at radius 1 is 1.53 bits per heavy atom. The molecule has 80 valence electrons. The first-order valence-corrected chi connectivity index (χ1v) is 5.14. The Kier molecular flexibility index (Phi) is 4.22. The molecule has 2 heteroatoms. The number of halogens is 1. The number of benzene rings is 1. The largest absolute Gasteiger partial charge is 0.289 e. The van der Waals surface area contributed by atoms with Crippen LogP contribution in [0.25, 0.3) is 0 Å². The molecule has 0 aliphatic heterocycles. The summed E-state index contributed by atoms with van der Waals surface area (Å²) in [6, 6.07) is 4.77. The third-order valence-corrected chi connectivity index (χ3v) is 2.30. The van der Waals surface area contributed by atoms with Crippen LogP contribution in [-0.4, -0.2) is 5.78 Å². The number of carbonyl (C=O) groups is 1. The summed E-state index contributed by atoms with van der Waals surface area (Å²) in [6.07, 6.45) is 4.10. The van der Waals surface area contributed by atoms with E-state index in [-0.39, 0.29) is 11.3 Å². The fraction of sp³-hybridized carbons (Fsp3) is 0.308. The van der Waals surface area contributed by atoms with Crippen LogP contribution in [0.4, 0.5) is 4.39 Å². The van der Waals surface area contributed by atoms with Crippen molar-refractivity contribution in [3.8, 4) is 0 Å². The van der Waals surface area contributed by atoms with Crippen molar-refractivity contribution in [3.63, 3.8) is 0 Å². The fourth-order valence-electron chi connectivity index (χ4n) is 1.40. The Balaban J connectivity index is 2.87. The molecule has 0 radical (unpaired) electrons. The summed E-state index contributed by atoms with van der Waals surface area (Å²) in [5.41, 5.74) is 1.04. The molecule has 1 nitrogen and oxygen atoms in total. The lowest BCUT2D eigenvalue weighted by molar-refractivity contribution is 0.104. The average molecular weight is 206 g/mol. The second-order valence-electron chi connectivity index (χ2n) is 3.49. The third kappa shape index (κ3) is 3.01. The lowest BCUT2D eigenvalue weighted by Crippen LogP contribution is -1.99. The maximum atomic E-state index is 13.4. The zero-order valence-electron chi connectivity index (χ0n) is 8.92. The minimum Gasteiger partial charge on any atom is -0.289 e. The van der Waals surface area contributed by atoms with Crippen LogP contribution in [0.1, 0.15) is 35.7 Å². The van der Waals surface area contributed by atoms with Gasteiger partial charge in [0.05, 0.1) is 5.56 Å². The molecule has 0 unspecified atom stereocenters. The van der Waals surface area contributed by atoms with E-state index >= 15 is 0 Å². The van der Waals surface area contributed by atoms with Gasteiger partial charge in [-0.25, -0.2) is 4.39 Å². The van der Waals surface area contributed by atoms with E-state index in [2.05, 4.69) is 13.5 Å². The van der Waals surface area contributed by atoms with Crippen LogP contribution in [-0.2, 0) is 6.42 Å². The van der Waals surface area contributed by atoms with Gasteiger partial charge in [0.1, 0.15) is 5.82 Å². The van der Waals surface area contributed by atoms with Crippen LogP contribution in [0.2, 0.25) is 0 Å². The second-order valence-corrected chi connectivity index (χ2v) is 3.49. The zero-order valence-corrected chi connectivity index (χ0v) is 8.92. The van der Waals surface area contributed by atoms with Crippen molar-refractivity contribution in [3.05, 3.63) is 47.8 Å². The van der Waals surface area contributed by atoms with Crippen molar-refractivity contribution >= 4 is 5.78 Å². The number of ketones is 1. The predicted molar refractivity (Wildman–Crippen MR) is 59.5 cm³/mol. The Morgan fingerprint density at radius 3 is 2.80 bits per heavy atom. The van der Waals surface area contributed by atoms with Crippen LogP contribution in [0.3, 0.4) is 0 Å². The molecule has 0 fully saturated rings. The summed E-state index contributed by atoms with van der Waals surface area (Å²) in [7, 11) is 0. The van der Waals surface area contributed by atoms with Crippen LogP contribution in [0.5, 0.6) is 0 Å². The fourth-order valence-corrected chi connectivity index (χ4v) is 1.40. The Morgan fingerprint density at radius 2 is 2.27 bits per heavy atom. The molecule has 0 spiro atoms. The number of aryl methyl sites for hydroxylation is 1. The quantitative estimate of drug-likeness (QED) is 0.532. The van der Waals surface area contributed by atoms with Gasteiger partial charge in [0, 0.05) is 0 Å². The van der Waals surface area contributed by atoms with Crippen LogP contribution in [0.15, 0.2) is 30.9 Å². The molecule has 1 rings (SSSR count). The maximum Gasteiger partial charge on any atom is 0.188 e. The molecular formula is C13H15FO. The van der Waals surface area contributed by atoms with Crippen molar-refractivity contribution in [1.29, 1.82) is 0 Å². The Bertz CT molecular complexity index is 369. The van der Waals surface area contributed by atoms with Crippen LogP contribution >= 0.6 is 0 Å². The highest BCUT2D eigenvalue weighted by molar-refractivity contribution is 6.04. The van der Waals surface area contributed by atoms with E-state index in [4.69, 9.17) is 0 Å². The lowest BCUT2D eigenvalue weighted by Gasteiger charge is -2.03. The molecule has 0 aromatic heterocycles. The highest BCUT2D eigenvalue weighted by atomic mass is 19.1. The average Bonchev–Trinajstić information content (AvgIpc) is 2.25. The van der Waals surface area contributed by atoms with Gasteiger partial charge in [0.2, 0.25) is 0 Å². The van der Waals surface area contributed by atoms with Gasteiger partial charge in [0.15, 0.2) is 5.78 Å². The van der Waals surface area contributed by atoms with E-state index in [0.717, 1.165) is 30.9 Å². The van der Waals surface area contributed by atoms with Gasteiger partial charge in [-0.3, -0.25) is 4.79 Å². The molecule has 0 N–H and O–H groups in total. The molecule has 0 saturated carbocycles. The topological polar surface area (TPSA) is 17.1 Å². The Labute approximate surface area is 89.6 Å². The molecule has 0 bridgehead atoms. The van der Waals surface area contributed by atoms with Gasteiger partial charge in [-0.15, -0.1) is 0 Å². The highest BCUT2D eigenvalue weighted by Gasteiger charge is 2.08. The van der Waals surface area contributed by atoms with E-state index in [0.29, 0.717) is 0 Å². The number of unbranched alkanes of at least 4 members (excludes halogenated alkanes) is 1. The lowest BCUT2D eigenvalue weighted by atomic mass is 10.0. The van der Waals surface area contributed by atoms with Crippen molar-refractivity contribution in [2.75, 3.05) is 0 Å². The van der Waals surface area contributed by atoms with Gasteiger partial charge in [0.25, 0.3) is 0 Å². The zero-order chi connectivity index (χ0) is 11.3. The number of hydrogen-bond acceptors (Lipinski definition) is 1. The predicted octanol–water partition coefficient (Wildman–Crippen LogP) is 3.54. The molecule has 0 aliphatic rings. The van der Waals surface area contributed by atoms with Gasteiger partial charge in [-0.2, -0.15) is 0 Å². The standard InChI is InChI=1S/C13H15FO/c1-3-5-6-10-7-8-11(12(14)9-10)13(15)4-2/h4,7-9H,2-3,5-6H2,1H3. The highest BCUT2D eigenvalue weighted by Crippen LogP contribution is 2.13.